The number of hydrogen-bond acceptors (Lipinski definition) is 3. The van der Waals surface area contributed by atoms with Crippen LogP contribution < -0.4 is 0 Å². The quantitative estimate of drug-likeness (QED) is 0.501. The molecule has 0 bridgehead atoms. The zero-order valence-electron chi connectivity index (χ0n) is 15.6. The van der Waals surface area contributed by atoms with Gasteiger partial charge in [0.1, 0.15) is 11.5 Å². The number of amides is 1. The average molecular weight is 417 g/mol. The SMILES string of the molecule is Cc1ccc(C=CC(=O)N2CCc3sccc3C2c2ccc(C(F)(F)F)cc2)o1. The molecule has 0 N–H and O–H groups in total. The molecule has 0 saturated carbocycles. The van der Waals surface area contributed by atoms with Crippen LogP contribution in [0.1, 0.15) is 39.1 Å². The maximum Gasteiger partial charge on any atom is 0.416 e. The summed E-state index contributed by atoms with van der Waals surface area (Å²) >= 11 is 1.61. The van der Waals surface area contributed by atoms with Gasteiger partial charge in [-0.3, -0.25) is 4.79 Å². The zero-order chi connectivity index (χ0) is 20.6. The normalized spacial score (nSPS) is 17.0. The third kappa shape index (κ3) is 4.00. The van der Waals surface area contributed by atoms with Crippen LogP contribution in [0, 0.1) is 6.92 Å². The smallest absolute Gasteiger partial charge is 0.416 e. The highest BCUT2D eigenvalue weighted by Crippen LogP contribution is 2.39. The van der Waals surface area contributed by atoms with Crippen molar-refractivity contribution in [3.8, 4) is 0 Å². The third-order valence-electron chi connectivity index (χ3n) is 4.95. The molecular weight excluding hydrogens is 399 g/mol. The number of carbonyl (C=O) groups excluding carboxylic acids is 1. The Bertz CT molecular complexity index is 1050. The average Bonchev–Trinajstić information content (AvgIpc) is 3.33. The summed E-state index contributed by atoms with van der Waals surface area (Å²) in [4.78, 5) is 15.8. The Labute approximate surface area is 170 Å². The third-order valence-corrected chi connectivity index (χ3v) is 5.95. The molecule has 7 heteroatoms. The number of rotatable bonds is 3. The van der Waals surface area contributed by atoms with Gasteiger partial charge >= 0.3 is 6.18 Å². The molecule has 3 nitrogen and oxygen atoms in total. The molecule has 1 atom stereocenters. The van der Waals surface area contributed by atoms with Gasteiger partial charge in [-0.05, 0) is 66.3 Å². The molecule has 4 rings (SSSR count). The molecule has 0 fully saturated rings. The van der Waals surface area contributed by atoms with Crippen LogP contribution in [0.4, 0.5) is 13.2 Å². The van der Waals surface area contributed by atoms with E-state index in [1.54, 1.807) is 28.4 Å². The number of carbonyl (C=O) groups is 1. The van der Waals surface area contributed by atoms with E-state index in [0.717, 1.165) is 34.8 Å². The molecule has 1 aromatic carbocycles. The van der Waals surface area contributed by atoms with Gasteiger partial charge in [-0.15, -0.1) is 11.3 Å². The molecule has 1 unspecified atom stereocenters. The van der Waals surface area contributed by atoms with E-state index in [2.05, 4.69) is 0 Å². The highest BCUT2D eigenvalue weighted by Gasteiger charge is 2.34. The van der Waals surface area contributed by atoms with Crippen LogP contribution in [0.5, 0.6) is 0 Å². The fraction of sp³-hybridized carbons (Fsp3) is 0.227. The minimum absolute atomic E-state index is 0.208. The van der Waals surface area contributed by atoms with Crippen molar-refractivity contribution in [2.75, 3.05) is 6.54 Å². The van der Waals surface area contributed by atoms with E-state index >= 15 is 0 Å². The lowest BCUT2D eigenvalue weighted by Gasteiger charge is -2.35. The van der Waals surface area contributed by atoms with Crippen LogP contribution in [-0.4, -0.2) is 17.4 Å². The van der Waals surface area contributed by atoms with E-state index < -0.39 is 17.8 Å². The van der Waals surface area contributed by atoms with E-state index in [-0.39, 0.29) is 5.91 Å². The summed E-state index contributed by atoms with van der Waals surface area (Å²) in [5, 5.41) is 1.96. The van der Waals surface area contributed by atoms with Crippen molar-refractivity contribution in [3.05, 3.63) is 87.0 Å². The van der Waals surface area contributed by atoms with E-state index in [9.17, 15) is 18.0 Å². The Hall–Kier alpha value is -2.80. The first-order chi connectivity index (χ1) is 13.8. The number of aryl methyl sites for hydroxylation is 1. The molecule has 3 aromatic rings. The molecule has 1 amide bonds. The van der Waals surface area contributed by atoms with Crippen LogP contribution in [0.3, 0.4) is 0 Å². The minimum atomic E-state index is -4.39. The van der Waals surface area contributed by atoms with Crippen molar-refractivity contribution in [1.82, 2.24) is 4.90 Å². The first-order valence-electron chi connectivity index (χ1n) is 9.11. The van der Waals surface area contributed by atoms with Crippen molar-refractivity contribution in [2.45, 2.75) is 25.6 Å². The van der Waals surface area contributed by atoms with Crippen molar-refractivity contribution >= 4 is 23.3 Å². The van der Waals surface area contributed by atoms with Crippen LogP contribution in [-0.2, 0) is 17.4 Å². The number of alkyl halides is 3. The molecule has 0 saturated heterocycles. The lowest BCUT2D eigenvalue weighted by molar-refractivity contribution is -0.137. The van der Waals surface area contributed by atoms with Gasteiger partial charge in [0.15, 0.2) is 0 Å². The van der Waals surface area contributed by atoms with Gasteiger partial charge in [-0.1, -0.05) is 12.1 Å². The minimum Gasteiger partial charge on any atom is -0.462 e. The molecule has 0 spiro atoms. The first kappa shape index (κ1) is 19.5. The van der Waals surface area contributed by atoms with Gasteiger partial charge in [-0.2, -0.15) is 13.2 Å². The highest BCUT2D eigenvalue weighted by atomic mass is 32.1. The molecule has 29 heavy (non-hydrogen) atoms. The zero-order valence-corrected chi connectivity index (χ0v) is 16.4. The van der Waals surface area contributed by atoms with Crippen LogP contribution in [0.25, 0.3) is 6.08 Å². The second-order valence-corrected chi connectivity index (χ2v) is 7.89. The van der Waals surface area contributed by atoms with Gasteiger partial charge in [0.25, 0.3) is 0 Å². The van der Waals surface area contributed by atoms with Crippen LogP contribution in [0.15, 0.2) is 58.3 Å². The summed E-state index contributed by atoms with van der Waals surface area (Å²) in [6.07, 6.45) is -0.601. The molecule has 0 radical (unpaired) electrons. The van der Waals surface area contributed by atoms with Crippen molar-refractivity contribution in [1.29, 1.82) is 0 Å². The molecule has 1 aliphatic heterocycles. The maximum atomic E-state index is 12.9. The fourth-order valence-electron chi connectivity index (χ4n) is 3.56. The predicted molar refractivity (Wildman–Crippen MR) is 106 cm³/mol. The van der Waals surface area contributed by atoms with Crippen LogP contribution >= 0.6 is 11.3 Å². The number of thiophene rings is 1. The van der Waals surface area contributed by atoms with E-state index in [1.165, 1.54) is 18.2 Å². The fourth-order valence-corrected chi connectivity index (χ4v) is 4.46. The number of hydrogen-bond donors (Lipinski definition) is 0. The summed E-state index contributed by atoms with van der Waals surface area (Å²) in [5.74, 6) is 1.12. The van der Waals surface area contributed by atoms with Gasteiger partial charge < -0.3 is 9.32 Å². The van der Waals surface area contributed by atoms with Gasteiger partial charge in [0.05, 0.1) is 11.6 Å². The number of halogens is 3. The first-order valence-corrected chi connectivity index (χ1v) is 9.99. The Morgan fingerprint density at radius 2 is 1.93 bits per heavy atom. The Kier molecular flexibility index (Phi) is 5.08. The summed E-state index contributed by atoms with van der Waals surface area (Å²) in [5.41, 5.74) is 0.929. The topological polar surface area (TPSA) is 33.5 Å². The van der Waals surface area contributed by atoms with Gasteiger partial charge in [0, 0.05) is 17.5 Å². The maximum absolute atomic E-state index is 12.9. The van der Waals surface area contributed by atoms with Gasteiger partial charge in [-0.25, -0.2) is 0 Å². The lowest BCUT2D eigenvalue weighted by Crippen LogP contribution is -2.39. The van der Waals surface area contributed by atoms with Crippen molar-refractivity contribution in [3.63, 3.8) is 0 Å². The summed E-state index contributed by atoms with van der Waals surface area (Å²) in [6.45, 7) is 2.32. The standard InChI is InChI=1S/C22H18F3NO2S/c1-14-2-7-17(28-14)8-9-20(27)26-12-10-19-18(11-13-29-19)21(26)15-3-5-16(6-4-15)22(23,24)25/h2-9,11,13,21H,10,12H2,1H3. The van der Waals surface area contributed by atoms with Crippen molar-refractivity contribution in [2.24, 2.45) is 0 Å². The summed E-state index contributed by atoms with van der Waals surface area (Å²) < 4.78 is 44.3. The summed E-state index contributed by atoms with van der Waals surface area (Å²) in [6, 6.07) is 10.2. The van der Waals surface area contributed by atoms with Gasteiger partial charge in [0.2, 0.25) is 5.91 Å². The summed E-state index contributed by atoms with van der Waals surface area (Å²) in [7, 11) is 0. The molecule has 0 aliphatic carbocycles. The van der Waals surface area contributed by atoms with Crippen molar-refractivity contribution < 1.29 is 22.4 Å². The van der Waals surface area contributed by atoms with E-state index in [1.807, 2.05) is 24.4 Å². The van der Waals surface area contributed by atoms with E-state index in [0.29, 0.717) is 17.9 Å². The Morgan fingerprint density at radius 3 is 2.59 bits per heavy atom. The van der Waals surface area contributed by atoms with E-state index in [4.69, 9.17) is 4.42 Å². The second kappa shape index (κ2) is 7.55. The predicted octanol–water partition coefficient (Wildman–Crippen LogP) is 5.86. The second-order valence-electron chi connectivity index (χ2n) is 6.88. The molecular formula is C22H18F3NO2S. The lowest BCUT2D eigenvalue weighted by atomic mass is 9.92. The Balaban J connectivity index is 1.66. The molecule has 2 aromatic heterocycles. The highest BCUT2D eigenvalue weighted by molar-refractivity contribution is 7.10. The monoisotopic (exact) mass is 417 g/mol. The van der Waals surface area contributed by atoms with Crippen LogP contribution in [0.2, 0.25) is 0 Å². The molecule has 1 aliphatic rings. The largest absolute Gasteiger partial charge is 0.462 e. The number of benzene rings is 1. The number of furan rings is 1. The number of fused-ring (bicyclic) bond motifs is 1. The molecule has 150 valence electrons. The number of nitrogens with zero attached hydrogens (tertiary/aromatic N) is 1. The Morgan fingerprint density at radius 1 is 1.17 bits per heavy atom. The molecule has 3 heterocycles.